The minimum atomic E-state index is 0.00827. The van der Waals surface area contributed by atoms with Crippen molar-refractivity contribution in [2.75, 3.05) is 5.75 Å². The number of benzene rings is 2. The van der Waals surface area contributed by atoms with Crippen molar-refractivity contribution in [3.05, 3.63) is 89.2 Å². The zero-order valence-corrected chi connectivity index (χ0v) is 17.2. The van der Waals surface area contributed by atoms with Crippen LogP contribution in [0.1, 0.15) is 15.9 Å². The number of hydrogen-bond donors (Lipinski definition) is 0. The third kappa shape index (κ3) is 4.23. The van der Waals surface area contributed by atoms with Crippen LogP contribution in [-0.4, -0.2) is 31.3 Å². The highest BCUT2D eigenvalue weighted by Gasteiger charge is 2.19. The maximum atomic E-state index is 12.6. The lowest BCUT2D eigenvalue weighted by Crippen LogP contribution is -2.05. The molecule has 7 heteroatoms. The third-order valence-corrected chi connectivity index (χ3v) is 5.59. The van der Waals surface area contributed by atoms with Crippen LogP contribution < -0.4 is 0 Å². The molecule has 4 rings (SSSR count). The Kier molecular flexibility index (Phi) is 5.74. The first-order valence-electron chi connectivity index (χ1n) is 8.97. The average Bonchev–Trinajstić information content (AvgIpc) is 3.17. The fourth-order valence-corrected chi connectivity index (χ4v) is 3.89. The van der Waals surface area contributed by atoms with E-state index in [9.17, 15) is 4.79 Å². The van der Waals surface area contributed by atoms with Gasteiger partial charge in [0, 0.05) is 28.5 Å². The predicted octanol–water partition coefficient (Wildman–Crippen LogP) is 5.27. The molecule has 29 heavy (non-hydrogen) atoms. The fourth-order valence-electron chi connectivity index (χ4n) is 2.93. The number of aryl methyl sites for hydroxylation is 1. The summed E-state index contributed by atoms with van der Waals surface area (Å²) in [6, 6.07) is 18.7. The monoisotopic (exact) mass is 420 g/mol. The van der Waals surface area contributed by atoms with Crippen LogP contribution in [0.5, 0.6) is 0 Å². The highest BCUT2D eigenvalue weighted by molar-refractivity contribution is 7.99. The zero-order valence-electron chi connectivity index (χ0n) is 15.6. The lowest BCUT2D eigenvalue weighted by Gasteiger charge is -2.12. The standard InChI is InChI=1S/C22H17ClN4OS/c1-15-5-2-3-7-19(15)27-21(17-6-4-12-24-13-17)25-26-22(27)29-14-20(28)16-8-10-18(23)11-9-16/h2-13H,14H2,1H3. The molecule has 0 aliphatic heterocycles. The van der Waals surface area contributed by atoms with Crippen LogP contribution in [0.3, 0.4) is 0 Å². The van der Waals surface area contributed by atoms with E-state index in [1.807, 2.05) is 47.9 Å². The van der Waals surface area contributed by atoms with Gasteiger partial charge >= 0.3 is 0 Å². The van der Waals surface area contributed by atoms with Crippen molar-refractivity contribution in [1.82, 2.24) is 19.7 Å². The summed E-state index contributed by atoms with van der Waals surface area (Å²) in [5, 5.41) is 10.0. The topological polar surface area (TPSA) is 60.7 Å². The van der Waals surface area contributed by atoms with Gasteiger partial charge in [0.2, 0.25) is 0 Å². The number of para-hydroxylation sites is 1. The van der Waals surface area contributed by atoms with Crippen LogP contribution in [0, 0.1) is 6.92 Å². The number of nitrogens with zero attached hydrogens (tertiary/aromatic N) is 4. The van der Waals surface area contributed by atoms with Crippen molar-refractivity contribution in [2.45, 2.75) is 12.1 Å². The number of carbonyl (C=O) groups is 1. The van der Waals surface area contributed by atoms with Gasteiger partial charge in [-0.05, 0) is 55.0 Å². The zero-order chi connectivity index (χ0) is 20.2. The average molecular weight is 421 g/mol. The van der Waals surface area contributed by atoms with E-state index in [1.165, 1.54) is 11.8 Å². The normalized spacial score (nSPS) is 10.8. The Bertz CT molecular complexity index is 1140. The molecule has 0 aliphatic carbocycles. The van der Waals surface area contributed by atoms with Gasteiger partial charge in [-0.15, -0.1) is 10.2 Å². The summed E-state index contributed by atoms with van der Waals surface area (Å²) in [7, 11) is 0. The minimum absolute atomic E-state index is 0.00827. The van der Waals surface area contributed by atoms with Gasteiger partial charge in [-0.25, -0.2) is 0 Å². The van der Waals surface area contributed by atoms with Crippen LogP contribution in [0.15, 0.2) is 78.2 Å². The fraction of sp³-hybridized carbons (Fsp3) is 0.0909. The SMILES string of the molecule is Cc1ccccc1-n1c(SCC(=O)c2ccc(Cl)cc2)nnc1-c1cccnc1. The molecule has 5 nitrogen and oxygen atoms in total. The molecule has 0 spiro atoms. The molecule has 0 aliphatic rings. The Morgan fingerprint density at radius 2 is 1.83 bits per heavy atom. The lowest BCUT2D eigenvalue weighted by molar-refractivity contribution is 0.102. The van der Waals surface area contributed by atoms with E-state index in [2.05, 4.69) is 15.2 Å². The van der Waals surface area contributed by atoms with E-state index in [4.69, 9.17) is 11.6 Å². The summed E-state index contributed by atoms with van der Waals surface area (Å²) < 4.78 is 1.98. The Morgan fingerprint density at radius 3 is 2.55 bits per heavy atom. The summed E-state index contributed by atoms with van der Waals surface area (Å²) in [4.78, 5) is 16.8. The maximum absolute atomic E-state index is 12.6. The van der Waals surface area contributed by atoms with Crippen LogP contribution in [0.4, 0.5) is 0 Å². The second kappa shape index (κ2) is 8.59. The number of aromatic nitrogens is 4. The van der Waals surface area contributed by atoms with E-state index in [0.717, 1.165) is 16.8 Å². The van der Waals surface area contributed by atoms with Crippen molar-refractivity contribution in [2.24, 2.45) is 0 Å². The Balaban J connectivity index is 1.68. The number of Topliss-reactive ketones (excluding diaryl/α,β-unsaturated/α-hetero) is 1. The maximum Gasteiger partial charge on any atom is 0.196 e. The molecule has 0 radical (unpaired) electrons. The molecule has 2 heterocycles. The largest absolute Gasteiger partial charge is 0.293 e. The molecule has 144 valence electrons. The van der Waals surface area contributed by atoms with E-state index in [0.29, 0.717) is 21.6 Å². The lowest BCUT2D eigenvalue weighted by atomic mass is 10.1. The van der Waals surface area contributed by atoms with Gasteiger partial charge in [0.25, 0.3) is 0 Å². The van der Waals surface area contributed by atoms with Gasteiger partial charge in [-0.3, -0.25) is 14.3 Å². The van der Waals surface area contributed by atoms with Crippen LogP contribution in [0.25, 0.3) is 17.1 Å². The second-order valence-electron chi connectivity index (χ2n) is 6.39. The molecule has 0 bridgehead atoms. The number of halogens is 1. The first-order chi connectivity index (χ1) is 14.1. The summed E-state index contributed by atoms with van der Waals surface area (Å²) in [5.74, 6) is 0.946. The molecule has 2 aromatic heterocycles. The van der Waals surface area contributed by atoms with Gasteiger partial charge < -0.3 is 0 Å². The van der Waals surface area contributed by atoms with Crippen LogP contribution in [-0.2, 0) is 0 Å². The molecule has 0 saturated heterocycles. The van der Waals surface area contributed by atoms with Crippen molar-refractivity contribution in [3.63, 3.8) is 0 Å². The van der Waals surface area contributed by atoms with Crippen molar-refractivity contribution >= 4 is 29.1 Å². The summed E-state index contributed by atoms with van der Waals surface area (Å²) in [6.07, 6.45) is 3.48. The number of carbonyl (C=O) groups excluding carboxylic acids is 1. The molecule has 0 saturated carbocycles. The van der Waals surface area contributed by atoms with Crippen molar-refractivity contribution in [1.29, 1.82) is 0 Å². The molecule has 0 fully saturated rings. The molecule has 0 atom stereocenters. The summed E-state index contributed by atoms with van der Waals surface area (Å²) in [5.41, 5.74) is 3.54. The number of ketones is 1. The van der Waals surface area contributed by atoms with Gasteiger partial charge in [0.15, 0.2) is 16.8 Å². The van der Waals surface area contributed by atoms with E-state index >= 15 is 0 Å². The number of pyridine rings is 1. The Morgan fingerprint density at radius 1 is 1.03 bits per heavy atom. The highest BCUT2D eigenvalue weighted by Crippen LogP contribution is 2.29. The number of hydrogen-bond acceptors (Lipinski definition) is 5. The van der Waals surface area contributed by atoms with Crippen LogP contribution in [0.2, 0.25) is 5.02 Å². The third-order valence-electron chi connectivity index (χ3n) is 4.41. The van der Waals surface area contributed by atoms with E-state index < -0.39 is 0 Å². The number of rotatable bonds is 6. The van der Waals surface area contributed by atoms with Gasteiger partial charge in [0.05, 0.1) is 11.4 Å². The van der Waals surface area contributed by atoms with Gasteiger partial charge in [-0.1, -0.05) is 41.6 Å². The quantitative estimate of drug-likeness (QED) is 0.314. The molecular formula is C22H17ClN4OS. The molecule has 0 amide bonds. The van der Waals surface area contributed by atoms with Crippen molar-refractivity contribution < 1.29 is 4.79 Å². The summed E-state index contributed by atoms with van der Waals surface area (Å²) in [6.45, 7) is 2.04. The van der Waals surface area contributed by atoms with Crippen LogP contribution >= 0.6 is 23.4 Å². The molecule has 4 aromatic rings. The first kappa shape index (κ1) is 19.4. The Labute approximate surface area is 177 Å². The highest BCUT2D eigenvalue weighted by atomic mass is 35.5. The molecule has 0 unspecified atom stereocenters. The number of thioether (sulfide) groups is 1. The first-order valence-corrected chi connectivity index (χ1v) is 10.3. The van der Waals surface area contributed by atoms with Gasteiger partial charge in [-0.2, -0.15) is 0 Å². The Hall–Kier alpha value is -2.96. The van der Waals surface area contributed by atoms with Gasteiger partial charge in [0.1, 0.15) is 0 Å². The molecule has 2 aromatic carbocycles. The minimum Gasteiger partial charge on any atom is -0.293 e. The smallest absolute Gasteiger partial charge is 0.196 e. The summed E-state index contributed by atoms with van der Waals surface area (Å²) >= 11 is 7.27. The van der Waals surface area contributed by atoms with Crippen molar-refractivity contribution in [3.8, 4) is 17.1 Å². The second-order valence-corrected chi connectivity index (χ2v) is 7.77. The molecule has 0 N–H and O–H groups in total. The molecular weight excluding hydrogens is 404 g/mol. The predicted molar refractivity (Wildman–Crippen MR) is 116 cm³/mol. The van der Waals surface area contributed by atoms with E-state index in [-0.39, 0.29) is 11.5 Å². The van der Waals surface area contributed by atoms with E-state index in [1.54, 1.807) is 36.7 Å².